The maximum absolute atomic E-state index is 12.5. The molecule has 2 rings (SSSR count). The fourth-order valence-corrected chi connectivity index (χ4v) is 2.53. The molecule has 2 aromatic rings. The lowest BCUT2D eigenvalue weighted by Gasteiger charge is -2.15. The van der Waals surface area contributed by atoms with Crippen LogP contribution in [0, 0.1) is 0 Å². The van der Waals surface area contributed by atoms with E-state index in [0.29, 0.717) is 35.4 Å². The minimum Gasteiger partial charge on any atom is -0.490 e. The number of hydrogen-bond donors (Lipinski definition) is 1. The Morgan fingerprint density at radius 3 is 2.41 bits per heavy atom. The summed E-state index contributed by atoms with van der Waals surface area (Å²) in [7, 11) is 0. The van der Waals surface area contributed by atoms with Crippen molar-refractivity contribution in [3.63, 3.8) is 0 Å². The number of carbonyl (C=O) groups excluding carboxylic acids is 2. The minimum atomic E-state index is -0.978. The first-order valence-electron chi connectivity index (χ1n) is 9.61. The van der Waals surface area contributed by atoms with E-state index < -0.39 is 18.0 Å². The number of esters is 1. The van der Waals surface area contributed by atoms with Gasteiger partial charge in [0, 0.05) is 10.7 Å². The average Bonchev–Trinajstić information content (AvgIpc) is 2.71. The molecule has 0 bridgehead atoms. The second-order valence-electron chi connectivity index (χ2n) is 6.34. The number of amides is 1. The fourth-order valence-electron chi connectivity index (χ4n) is 2.41. The van der Waals surface area contributed by atoms with E-state index in [2.05, 4.69) is 12.2 Å². The van der Waals surface area contributed by atoms with E-state index in [1.165, 1.54) is 6.92 Å². The van der Waals surface area contributed by atoms with Crippen LogP contribution in [-0.4, -0.2) is 31.2 Å². The molecule has 0 radical (unpaired) electrons. The molecule has 0 unspecified atom stereocenters. The molecule has 0 fully saturated rings. The monoisotopic (exact) mass is 419 g/mol. The van der Waals surface area contributed by atoms with E-state index in [-0.39, 0.29) is 5.56 Å². The molecule has 0 aromatic heterocycles. The number of rotatable bonds is 10. The molecule has 0 heterocycles. The van der Waals surface area contributed by atoms with E-state index in [1.54, 1.807) is 42.5 Å². The zero-order valence-electron chi connectivity index (χ0n) is 16.9. The van der Waals surface area contributed by atoms with Crippen LogP contribution in [0.4, 0.5) is 5.69 Å². The molecule has 1 atom stereocenters. The second-order valence-corrected chi connectivity index (χ2v) is 6.78. The van der Waals surface area contributed by atoms with Crippen molar-refractivity contribution in [1.29, 1.82) is 0 Å². The van der Waals surface area contributed by atoms with Crippen LogP contribution < -0.4 is 14.8 Å². The van der Waals surface area contributed by atoms with Crippen molar-refractivity contribution >= 4 is 29.2 Å². The van der Waals surface area contributed by atoms with Gasteiger partial charge in [0.2, 0.25) is 0 Å². The van der Waals surface area contributed by atoms with Gasteiger partial charge in [-0.05, 0) is 62.7 Å². The summed E-state index contributed by atoms with van der Waals surface area (Å²) < 4.78 is 16.6. The lowest BCUT2D eigenvalue weighted by molar-refractivity contribution is -0.123. The summed E-state index contributed by atoms with van der Waals surface area (Å²) in [5.41, 5.74) is 0.844. The van der Waals surface area contributed by atoms with E-state index in [9.17, 15) is 9.59 Å². The van der Waals surface area contributed by atoms with Crippen molar-refractivity contribution in [2.24, 2.45) is 0 Å². The van der Waals surface area contributed by atoms with Gasteiger partial charge in [0.15, 0.2) is 17.6 Å². The maximum Gasteiger partial charge on any atom is 0.339 e. The third kappa shape index (κ3) is 6.98. The van der Waals surface area contributed by atoms with Crippen LogP contribution in [0.25, 0.3) is 0 Å². The third-order valence-corrected chi connectivity index (χ3v) is 4.25. The molecule has 0 aliphatic heterocycles. The van der Waals surface area contributed by atoms with E-state index in [1.807, 2.05) is 6.92 Å². The SMILES string of the molecule is CCCCOc1ccc(C(=O)O[C@@H](C)C(=O)Nc2ccc(Cl)cc2)cc1OCC. The highest BCUT2D eigenvalue weighted by molar-refractivity contribution is 6.30. The number of carbonyl (C=O) groups is 2. The van der Waals surface area contributed by atoms with Gasteiger partial charge in [0.25, 0.3) is 5.91 Å². The Bertz CT molecular complexity index is 822. The van der Waals surface area contributed by atoms with Gasteiger partial charge >= 0.3 is 5.97 Å². The third-order valence-electron chi connectivity index (χ3n) is 4.00. The van der Waals surface area contributed by atoms with Gasteiger partial charge in [-0.25, -0.2) is 4.79 Å². The molecular formula is C22H26ClNO5. The second kappa shape index (κ2) is 11.3. The Morgan fingerprint density at radius 2 is 1.76 bits per heavy atom. The molecule has 0 saturated heterocycles. The first-order valence-corrected chi connectivity index (χ1v) is 9.99. The van der Waals surface area contributed by atoms with Gasteiger partial charge in [-0.3, -0.25) is 4.79 Å². The Labute approximate surface area is 176 Å². The highest BCUT2D eigenvalue weighted by atomic mass is 35.5. The number of unbranched alkanes of at least 4 members (excludes halogenated alkanes) is 1. The predicted molar refractivity (Wildman–Crippen MR) is 113 cm³/mol. The summed E-state index contributed by atoms with van der Waals surface area (Å²) in [5.74, 6) is -0.0169. The summed E-state index contributed by atoms with van der Waals surface area (Å²) in [6, 6.07) is 11.5. The van der Waals surface area contributed by atoms with Crippen molar-refractivity contribution in [3.8, 4) is 11.5 Å². The highest BCUT2D eigenvalue weighted by Gasteiger charge is 2.20. The van der Waals surface area contributed by atoms with E-state index in [0.717, 1.165) is 12.8 Å². The van der Waals surface area contributed by atoms with Gasteiger partial charge in [-0.1, -0.05) is 24.9 Å². The Balaban J connectivity index is 2.01. The molecule has 1 N–H and O–H groups in total. The van der Waals surface area contributed by atoms with Crippen LogP contribution in [0.5, 0.6) is 11.5 Å². The predicted octanol–water partition coefficient (Wildman–Crippen LogP) is 5.10. The summed E-state index contributed by atoms with van der Waals surface area (Å²) in [5, 5.41) is 3.24. The van der Waals surface area contributed by atoms with Gasteiger partial charge in [-0.2, -0.15) is 0 Å². The summed E-state index contributed by atoms with van der Waals surface area (Å²) in [4.78, 5) is 24.7. The van der Waals surface area contributed by atoms with Gasteiger partial charge in [0.1, 0.15) is 0 Å². The van der Waals surface area contributed by atoms with Crippen molar-refractivity contribution in [1.82, 2.24) is 0 Å². The molecule has 29 heavy (non-hydrogen) atoms. The smallest absolute Gasteiger partial charge is 0.339 e. The number of anilines is 1. The number of ether oxygens (including phenoxy) is 3. The Kier molecular flexibility index (Phi) is 8.80. The largest absolute Gasteiger partial charge is 0.490 e. The highest BCUT2D eigenvalue weighted by Crippen LogP contribution is 2.29. The molecule has 156 valence electrons. The minimum absolute atomic E-state index is 0.280. The summed E-state index contributed by atoms with van der Waals surface area (Å²) in [6.45, 7) is 6.44. The zero-order valence-corrected chi connectivity index (χ0v) is 17.6. The normalized spacial score (nSPS) is 11.4. The van der Waals surface area contributed by atoms with Gasteiger partial charge < -0.3 is 19.5 Å². The van der Waals surface area contributed by atoms with Crippen LogP contribution in [0.3, 0.4) is 0 Å². The molecule has 0 saturated carbocycles. The van der Waals surface area contributed by atoms with Crippen LogP contribution in [0.15, 0.2) is 42.5 Å². The van der Waals surface area contributed by atoms with Crippen molar-refractivity contribution in [3.05, 3.63) is 53.1 Å². The van der Waals surface area contributed by atoms with E-state index in [4.69, 9.17) is 25.8 Å². The molecular weight excluding hydrogens is 394 g/mol. The maximum atomic E-state index is 12.5. The quantitative estimate of drug-likeness (QED) is 0.428. The van der Waals surface area contributed by atoms with Crippen LogP contribution in [0.1, 0.15) is 44.0 Å². The zero-order chi connectivity index (χ0) is 21.2. The topological polar surface area (TPSA) is 73.9 Å². The van der Waals surface area contributed by atoms with Crippen LogP contribution >= 0.6 is 11.6 Å². The van der Waals surface area contributed by atoms with E-state index >= 15 is 0 Å². The molecule has 2 aromatic carbocycles. The Morgan fingerprint density at radius 1 is 1.03 bits per heavy atom. The first kappa shape index (κ1) is 22.6. The van der Waals surface area contributed by atoms with Crippen molar-refractivity contribution in [2.75, 3.05) is 18.5 Å². The Hall–Kier alpha value is -2.73. The number of hydrogen-bond acceptors (Lipinski definition) is 5. The standard InChI is InChI=1S/C22H26ClNO5/c1-4-6-13-28-19-12-7-16(14-20(19)27-5-2)22(26)29-15(3)21(25)24-18-10-8-17(23)9-11-18/h7-12,14-15H,4-6,13H2,1-3H3,(H,24,25)/t15-/m0/s1. The number of nitrogens with one attached hydrogen (secondary N) is 1. The van der Waals surface area contributed by atoms with Crippen LogP contribution in [-0.2, 0) is 9.53 Å². The first-order chi connectivity index (χ1) is 13.9. The molecule has 0 aliphatic rings. The molecule has 0 spiro atoms. The van der Waals surface area contributed by atoms with Gasteiger partial charge in [-0.15, -0.1) is 0 Å². The fraction of sp³-hybridized carbons (Fsp3) is 0.364. The van der Waals surface area contributed by atoms with Crippen LogP contribution in [0.2, 0.25) is 5.02 Å². The molecule has 7 heteroatoms. The average molecular weight is 420 g/mol. The number of halogens is 1. The summed E-state index contributed by atoms with van der Waals surface area (Å²) >= 11 is 5.83. The van der Waals surface area contributed by atoms with Crippen molar-refractivity contribution in [2.45, 2.75) is 39.7 Å². The van der Waals surface area contributed by atoms with Crippen molar-refractivity contribution < 1.29 is 23.8 Å². The lowest BCUT2D eigenvalue weighted by atomic mass is 10.2. The van der Waals surface area contributed by atoms with Gasteiger partial charge in [0.05, 0.1) is 18.8 Å². The number of benzene rings is 2. The molecule has 0 aliphatic carbocycles. The molecule has 6 nitrogen and oxygen atoms in total. The lowest BCUT2D eigenvalue weighted by Crippen LogP contribution is -2.30. The summed E-state index contributed by atoms with van der Waals surface area (Å²) in [6.07, 6.45) is 0.967. The molecule has 1 amide bonds.